The van der Waals surface area contributed by atoms with Gasteiger partial charge in [0.05, 0.1) is 6.54 Å². The van der Waals surface area contributed by atoms with Gasteiger partial charge in [0.25, 0.3) is 0 Å². The van der Waals surface area contributed by atoms with Crippen LogP contribution in [-0.4, -0.2) is 6.26 Å². The molecule has 0 saturated heterocycles. The molecule has 2 aromatic rings. The summed E-state index contributed by atoms with van der Waals surface area (Å²) in [6, 6.07) is 10.4. The topological polar surface area (TPSA) is 38.0 Å². The van der Waals surface area contributed by atoms with E-state index in [1.807, 2.05) is 11.4 Å². The summed E-state index contributed by atoms with van der Waals surface area (Å²) < 4.78 is 0. The van der Waals surface area contributed by atoms with Crippen LogP contribution in [0.2, 0.25) is 0 Å². The third-order valence-electron chi connectivity index (χ3n) is 2.32. The fourth-order valence-corrected chi connectivity index (χ4v) is 2.53. The van der Waals surface area contributed by atoms with E-state index in [-0.39, 0.29) is 0 Å². The molecule has 0 saturated carbocycles. The lowest BCUT2D eigenvalue weighted by Crippen LogP contribution is -1.99. The molecule has 0 aliphatic rings. The average molecular weight is 250 g/mol. The molecule has 0 aliphatic heterocycles. The van der Waals surface area contributed by atoms with Gasteiger partial charge in [-0.2, -0.15) is 0 Å². The van der Waals surface area contributed by atoms with Crippen molar-refractivity contribution in [3.05, 3.63) is 40.6 Å². The van der Waals surface area contributed by atoms with Gasteiger partial charge >= 0.3 is 0 Å². The highest BCUT2D eigenvalue weighted by molar-refractivity contribution is 7.98. The van der Waals surface area contributed by atoms with Crippen LogP contribution in [0.4, 0.5) is 11.4 Å². The van der Waals surface area contributed by atoms with Gasteiger partial charge < -0.3 is 11.1 Å². The van der Waals surface area contributed by atoms with Crippen LogP contribution in [-0.2, 0) is 6.54 Å². The van der Waals surface area contributed by atoms with E-state index in [9.17, 15) is 0 Å². The van der Waals surface area contributed by atoms with Gasteiger partial charge in [-0.3, -0.25) is 0 Å². The number of nitrogen functional groups attached to an aromatic ring is 1. The lowest BCUT2D eigenvalue weighted by molar-refractivity contribution is 1.19. The molecule has 2 nitrogen and oxygen atoms in total. The van der Waals surface area contributed by atoms with Gasteiger partial charge in [0.15, 0.2) is 0 Å². The molecule has 1 aromatic heterocycles. The zero-order chi connectivity index (χ0) is 11.4. The summed E-state index contributed by atoms with van der Waals surface area (Å²) in [6.07, 6.45) is 2.08. The molecule has 0 fully saturated rings. The van der Waals surface area contributed by atoms with Crippen molar-refractivity contribution in [2.75, 3.05) is 17.3 Å². The maximum atomic E-state index is 5.82. The third-order valence-corrected chi connectivity index (χ3v) is 4.00. The fourth-order valence-electron chi connectivity index (χ4n) is 1.39. The minimum atomic E-state index is 0.794. The second-order valence-electron chi connectivity index (χ2n) is 3.38. The number of hydrogen-bond acceptors (Lipinski definition) is 4. The Balaban J connectivity index is 1.97. The third kappa shape index (κ3) is 2.71. The molecule has 84 valence electrons. The van der Waals surface area contributed by atoms with Crippen molar-refractivity contribution in [2.45, 2.75) is 11.4 Å². The van der Waals surface area contributed by atoms with Crippen molar-refractivity contribution in [2.24, 2.45) is 0 Å². The first-order valence-electron chi connectivity index (χ1n) is 4.99. The molecular formula is C12H14N2S2. The number of benzene rings is 1. The number of thioether (sulfide) groups is 1. The van der Waals surface area contributed by atoms with Crippen molar-refractivity contribution >= 4 is 34.5 Å². The van der Waals surface area contributed by atoms with Crippen LogP contribution in [0.25, 0.3) is 0 Å². The van der Waals surface area contributed by atoms with Gasteiger partial charge in [-0.05, 0) is 42.0 Å². The highest BCUT2D eigenvalue weighted by atomic mass is 32.2. The molecule has 0 amide bonds. The average Bonchev–Trinajstić information content (AvgIpc) is 2.73. The van der Waals surface area contributed by atoms with Crippen LogP contribution in [0, 0.1) is 0 Å². The van der Waals surface area contributed by atoms with Crippen LogP contribution < -0.4 is 11.1 Å². The Bertz CT molecular complexity index is 448. The minimum absolute atomic E-state index is 0.794. The number of rotatable bonds is 4. The Hall–Kier alpha value is -1.13. The van der Waals surface area contributed by atoms with Gasteiger partial charge in [0.1, 0.15) is 0 Å². The highest BCUT2D eigenvalue weighted by Crippen LogP contribution is 2.21. The minimum Gasteiger partial charge on any atom is -0.398 e. The van der Waals surface area contributed by atoms with Crippen molar-refractivity contribution < 1.29 is 0 Å². The molecule has 0 atom stereocenters. The standard InChI is InChI=1S/C12H14N2S2/c1-15-10-4-2-9(3-5-10)14-8-12-11(13)6-7-16-12/h2-7,14H,8,13H2,1H3. The second kappa shape index (κ2) is 5.27. The summed E-state index contributed by atoms with van der Waals surface area (Å²) in [5, 5.41) is 5.38. The summed E-state index contributed by atoms with van der Waals surface area (Å²) in [7, 11) is 0. The summed E-state index contributed by atoms with van der Waals surface area (Å²) in [5.41, 5.74) is 7.82. The molecule has 3 N–H and O–H groups in total. The Morgan fingerprint density at radius 2 is 2.00 bits per heavy atom. The lowest BCUT2D eigenvalue weighted by atomic mass is 10.3. The number of nitrogens with two attached hydrogens (primary N) is 1. The predicted molar refractivity (Wildman–Crippen MR) is 74.3 cm³/mol. The van der Waals surface area contributed by atoms with E-state index < -0.39 is 0 Å². The molecular weight excluding hydrogens is 236 g/mol. The second-order valence-corrected chi connectivity index (χ2v) is 5.26. The van der Waals surface area contributed by atoms with E-state index in [2.05, 4.69) is 35.8 Å². The summed E-state index contributed by atoms with van der Waals surface area (Å²) in [6.45, 7) is 0.794. The van der Waals surface area contributed by atoms with Crippen molar-refractivity contribution in [1.29, 1.82) is 0 Å². The Kier molecular flexibility index (Phi) is 3.74. The van der Waals surface area contributed by atoms with Crippen LogP contribution >= 0.6 is 23.1 Å². The first-order valence-corrected chi connectivity index (χ1v) is 7.10. The van der Waals surface area contributed by atoms with Crippen LogP contribution in [0.3, 0.4) is 0 Å². The van der Waals surface area contributed by atoms with E-state index in [0.717, 1.165) is 17.9 Å². The molecule has 1 heterocycles. The van der Waals surface area contributed by atoms with E-state index in [1.165, 1.54) is 9.77 Å². The zero-order valence-electron chi connectivity index (χ0n) is 9.07. The normalized spacial score (nSPS) is 10.3. The molecule has 1 aromatic carbocycles. The van der Waals surface area contributed by atoms with Crippen molar-refractivity contribution in [3.63, 3.8) is 0 Å². The van der Waals surface area contributed by atoms with Gasteiger partial charge in [0, 0.05) is 21.1 Å². The maximum Gasteiger partial charge on any atom is 0.0514 e. The van der Waals surface area contributed by atoms with E-state index in [0.29, 0.717) is 0 Å². The lowest BCUT2D eigenvalue weighted by Gasteiger charge is -2.06. The van der Waals surface area contributed by atoms with Gasteiger partial charge in [0.2, 0.25) is 0 Å². The molecule has 0 aliphatic carbocycles. The largest absolute Gasteiger partial charge is 0.398 e. The summed E-state index contributed by atoms with van der Waals surface area (Å²) in [4.78, 5) is 2.47. The molecule has 0 spiro atoms. The Labute approximate surface area is 104 Å². The van der Waals surface area contributed by atoms with E-state index in [1.54, 1.807) is 23.1 Å². The van der Waals surface area contributed by atoms with E-state index in [4.69, 9.17) is 5.73 Å². The van der Waals surface area contributed by atoms with Crippen LogP contribution in [0.5, 0.6) is 0 Å². The quantitative estimate of drug-likeness (QED) is 0.813. The Morgan fingerprint density at radius 3 is 2.56 bits per heavy atom. The summed E-state index contributed by atoms with van der Waals surface area (Å²) in [5.74, 6) is 0. The summed E-state index contributed by atoms with van der Waals surface area (Å²) >= 11 is 3.43. The first kappa shape index (κ1) is 11.4. The molecule has 0 radical (unpaired) electrons. The predicted octanol–water partition coefficient (Wildman–Crippen LogP) is 3.66. The van der Waals surface area contributed by atoms with Crippen molar-refractivity contribution in [1.82, 2.24) is 0 Å². The Morgan fingerprint density at radius 1 is 1.25 bits per heavy atom. The molecule has 2 rings (SSSR count). The molecule has 16 heavy (non-hydrogen) atoms. The van der Waals surface area contributed by atoms with Gasteiger partial charge in [-0.15, -0.1) is 23.1 Å². The molecule has 0 bridgehead atoms. The first-order chi connectivity index (χ1) is 7.79. The fraction of sp³-hybridized carbons (Fsp3) is 0.167. The number of nitrogens with one attached hydrogen (secondary N) is 1. The van der Waals surface area contributed by atoms with Gasteiger partial charge in [-0.1, -0.05) is 0 Å². The van der Waals surface area contributed by atoms with Crippen LogP contribution in [0.1, 0.15) is 4.88 Å². The molecule has 0 unspecified atom stereocenters. The highest BCUT2D eigenvalue weighted by Gasteiger charge is 2.00. The van der Waals surface area contributed by atoms with Gasteiger partial charge in [-0.25, -0.2) is 0 Å². The number of thiophene rings is 1. The smallest absolute Gasteiger partial charge is 0.0514 e. The van der Waals surface area contributed by atoms with Crippen LogP contribution in [0.15, 0.2) is 40.6 Å². The zero-order valence-corrected chi connectivity index (χ0v) is 10.7. The number of hydrogen-bond donors (Lipinski definition) is 2. The van der Waals surface area contributed by atoms with Crippen molar-refractivity contribution in [3.8, 4) is 0 Å². The molecule has 4 heteroatoms. The van der Waals surface area contributed by atoms with E-state index >= 15 is 0 Å². The maximum absolute atomic E-state index is 5.82. The SMILES string of the molecule is CSc1ccc(NCc2sccc2N)cc1. The number of anilines is 2. The monoisotopic (exact) mass is 250 g/mol.